The minimum atomic E-state index is -0.470. The van der Waals surface area contributed by atoms with Crippen LogP contribution in [0.5, 0.6) is 0 Å². The molecule has 4 rings (SSSR count). The van der Waals surface area contributed by atoms with Crippen LogP contribution >= 0.6 is 15.9 Å². The fourth-order valence-electron chi connectivity index (χ4n) is 3.40. The average Bonchev–Trinajstić information content (AvgIpc) is 3.00. The van der Waals surface area contributed by atoms with E-state index in [2.05, 4.69) is 20.9 Å². The van der Waals surface area contributed by atoms with E-state index in [1.54, 1.807) is 11.6 Å². The minimum Gasteiger partial charge on any atom is -0.423 e. The molecule has 0 bridgehead atoms. The summed E-state index contributed by atoms with van der Waals surface area (Å²) in [4.78, 5) is 41.2. The lowest BCUT2D eigenvalue weighted by atomic mass is 10.1. The molecule has 0 spiro atoms. The van der Waals surface area contributed by atoms with Crippen molar-refractivity contribution in [3.63, 3.8) is 0 Å². The minimum absolute atomic E-state index is 0.178. The Bertz CT molecular complexity index is 1420. The van der Waals surface area contributed by atoms with Gasteiger partial charge in [-0.3, -0.25) is 18.5 Å². The SMILES string of the molecule is CCc1ccc2c(Cn3c(Br)nc4c(=O)n(C)c(=O)n(C)c43)cc(=O)oc2c1. The van der Waals surface area contributed by atoms with Gasteiger partial charge < -0.3 is 4.42 Å². The Balaban J connectivity index is 1.99. The molecule has 0 amide bonds. The second kappa shape index (κ2) is 6.59. The van der Waals surface area contributed by atoms with Gasteiger partial charge in [0.1, 0.15) is 5.58 Å². The Morgan fingerprint density at radius 3 is 2.57 bits per heavy atom. The van der Waals surface area contributed by atoms with Crippen molar-refractivity contribution < 1.29 is 4.42 Å². The Labute approximate surface area is 166 Å². The lowest BCUT2D eigenvalue weighted by molar-refractivity contribution is 0.557. The number of aryl methyl sites for hydroxylation is 2. The number of rotatable bonds is 3. The van der Waals surface area contributed by atoms with Crippen LogP contribution in [0.4, 0.5) is 0 Å². The third-order valence-corrected chi connectivity index (χ3v) is 5.53. The summed E-state index contributed by atoms with van der Waals surface area (Å²) in [6.45, 7) is 2.27. The first-order chi connectivity index (χ1) is 13.3. The van der Waals surface area contributed by atoms with Gasteiger partial charge in [-0.25, -0.2) is 14.6 Å². The van der Waals surface area contributed by atoms with Gasteiger partial charge in [0.25, 0.3) is 5.56 Å². The molecular formula is C19H17BrN4O4. The van der Waals surface area contributed by atoms with Crippen molar-refractivity contribution in [3.8, 4) is 0 Å². The first-order valence-corrected chi connectivity index (χ1v) is 9.48. The molecule has 0 fully saturated rings. The second-order valence-electron chi connectivity index (χ2n) is 6.62. The van der Waals surface area contributed by atoms with Gasteiger partial charge in [0.2, 0.25) is 0 Å². The van der Waals surface area contributed by atoms with Crippen LogP contribution in [0.1, 0.15) is 18.1 Å². The van der Waals surface area contributed by atoms with Gasteiger partial charge in [-0.1, -0.05) is 19.1 Å². The first-order valence-electron chi connectivity index (χ1n) is 8.69. The largest absolute Gasteiger partial charge is 0.423 e. The normalized spacial score (nSPS) is 11.6. The number of fused-ring (bicyclic) bond motifs is 2. The fraction of sp³-hybridized carbons (Fsp3) is 0.263. The van der Waals surface area contributed by atoms with Crippen molar-refractivity contribution in [1.82, 2.24) is 18.7 Å². The molecule has 8 nitrogen and oxygen atoms in total. The van der Waals surface area contributed by atoms with Crippen LogP contribution in [0.25, 0.3) is 22.1 Å². The van der Waals surface area contributed by atoms with E-state index in [4.69, 9.17) is 4.42 Å². The number of halogens is 1. The summed E-state index contributed by atoms with van der Waals surface area (Å²) in [5.74, 6) is 0. The predicted octanol–water partition coefficient (Wildman–Crippen LogP) is 1.91. The third-order valence-electron chi connectivity index (χ3n) is 4.92. The molecule has 0 N–H and O–H groups in total. The third kappa shape index (κ3) is 2.73. The number of imidazole rings is 1. The molecule has 1 aromatic carbocycles. The maximum absolute atomic E-state index is 12.4. The second-order valence-corrected chi connectivity index (χ2v) is 7.33. The number of hydrogen-bond acceptors (Lipinski definition) is 5. The van der Waals surface area contributed by atoms with Gasteiger partial charge in [-0.2, -0.15) is 0 Å². The van der Waals surface area contributed by atoms with E-state index in [0.29, 0.717) is 21.5 Å². The lowest BCUT2D eigenvalue weighted by Crippen LogP contribution is -2.37. The maximum atomic E-state index is 12.4. The Morgan fingerprint density at radius 2 is 1.86 bits per heavy atom. The predicted molar refractivity (Wildman–Crippen MR) is 109 cm³/mol. The Hall–Kier alpha value is -2.94. The van der Waals surface area contributed by atoms with Crippen molar-refractivity contribution in [3.05, 3.63) is 71.4 Å². The maximum Gasteiger partial charge on any atom is 0.336 e. The topological polar surface area (TPSA) is 92.0 Å². The summed E-state index contributed by atoms with van der Waals surface area (Å²) in [5.41, 5.74) is 1.46. The summed E-state index contributed by atoms with van der Waals surface area (Å²) < 4.78 is 9.84. The molecule has 144 valence electrons. The van der Waals surface area contributed by atoms with Gasteiger partial charge in [-0.05, 0) is 39.5 Å². The number of hydrogen-bond donors (Lipinski definition) is 0. The van der Waals surface area contributed by atoms with Crippen LogP contribution in [0.2, 0.25) is 0 Å². The zero-order valence-electron chi connectivity index (χ0n) is 15.5. The van der Waals surface area contributed by atoms with Gasteiger partial charge in [-0.15, -0.1) is 0 Å². The molecule has 28 heavy (non-hydrogen) atoms. The molecule has 9 heteroatoms. The molecule has 0 radical (unpaired) electrons. The average molecular weight is 445 g/mol. The van der Waals surface area contributed by atoms with Crippen molar-refractivity contribution in [2.45, 2.75) is 19.9 Å². The van der Waals surface area contributed by atoms with Crippen LogP contribution in [0.15, 0.2) is 47.8 Å². The van der Waals surface area contributed by atoms with E-state index in [0.717, 1.165) is 21.9 Å². The molecular weight excluding hydrogens is 428 g/mol. The molecule has 0 saturated carbocycles. The van der Waals surface area contributed by atoms with Crippen LogP contribution < -0.4 is 16.9 Å². The monoisotopic (exact) mass is 444 g/mol. The van der Waals surface area contributed by atoms with Crippen molar-refractivity contribution in [2.75, 3.05) is 0 Å². The highest BCUT2D eigenvalue weighted by Gasteiger charge is 2.19. The Kier molecular flexibility index (Phi) is 4.34. The van der Waals surface area contributed by atoms with Crippen molar-refractivity contribution in [2.24, 2.45) is 14.1 Å². The molecule has 0 saturated heterocycles. The summed E-state index contributed by atoms with van der Waals surface area (Å²) >= 11 is 3.38. The van der Waals surface area contributed by atoms with E-state index in [-0.39, 0.29) is 12.1 Å². The zero-order chi connectivity index (χ0) is 20.2. The highest BCUT2D eigenvalue weighted by atomic mass is 79.9. The molecule has 0 aliphatic rings. The zero-order valence-corrected chi connectivity index (χ0v) is 17.1. The van der Waals surface area contributed by atoms with Crippen LogP contribution in [0, 0.1) is 0 Å². The first kappa shape index (κ1) is 18.4. The smallest absolute Gasteiger partial charge is 0.336 e. The molecule has 0 aliphatic carbocycles. The van der Waals surface area contributed by atoms with E-state index in [1.165, 1.54) is 17.7 Å². The van der Waals surface area contributed by atoms with Gasteiger partial charge >= 0.3 is 11.3 Å². The van der Waals surface area contributed by atoms with E-state index >= 15 is 0 Å². The lowest BCUT2D eigenvalue weighted by Gasteiger charge is -2.11. The van der Waals surface area contributed by atoms with E-state index in [1.807, 2.05) is 25.1 Å². The molecule has 0 atom stereocenters. The van der Waals surface area contributed by atoms with Gasteiger partial charge in [0.05, 0.1) is 6.54 Å². The summed E-state index contributed by atoms with van der Waals surface area (Å²) in [5, 5.41) is 0.791. The Morgan fingerprint density at radius 1 is 1.11 bits per heavy atom. The van der Waals surface area contributed by atoms with Gasteiger partial charge in [0.15, 0.2) is 15.9 Å². The molecule has 0 unspecified atom stereocenters. The van der Waals surface area contributed by atoms with Crippen molar-refractivity contribution >= 4 is 38.1 Å². The quantitative estimate of drug-likeness (QED) is 0.355. The highest BCUT2D eigenvalue weighted by Crippen LogP contribution is 2.23. The fourth-order valence-corrected chi connectivity index (χ4v) is 3.87. The van der Waals surface area contributed by atoms with Crippen LogP contribution in [0.3, 0.4) is 0 Å². The number of nitrogens with zero attached hydrogens (tertiary/aromatic N) is 4. The molecule has 3 aromatic heterocycles. The van der Waals surface area contributed by atoms with Gasteiger partial charge in [0, 0.05) is 25.5 Å². The molecule has 0 aliphatic heterocycles. The van der Waals surface area contributed by atoms with E-state index < -0.39 is 16.9 Å². The number of aromatic nitrogens is 4. The summed E-state index contributed by atoms with van der Waals surface area (Å²) in [6.07, 6.45) is 0.826. The standard InChI is InChI=1S/C19H17BrN4O4/c1-4-10-5-6-12-11(8-14(25)28-13(12)7-10)9-24-16-15(21-18(24)20)17(26)23(3)19(27)22(16)2/h5-8H,4,9H2,1-3H3. The van der Waals surface area contributed by atoms with Crippen LogP contribution in [-0.2, 0) is 27.1 Å². The number of benzene rings is 1. The summed E-state index contributed by atoms with van der Waals surface area (Å²) in [7, 11) is 3.00. The molecule has 4 aromatic rings. The molecule has 3 heterocycles. The highest BCUT2D eigenvalue weighted by molar-refractivity contribution is 9.10. The summed E-state index contributed by atoms with van der Waals surface area (Å²) in [6, 6.07) is 7.17. The van der Waals surface area contributed by atoms with E-state index in [9.17, 15) is 14.4 Å². The van der Waals surface area contributed by atoms with Crippen molar-refractivity contribution in [1.29, 1.82) is 0 Å². The van der Waals surface area contributed by atoms with Crippen LogP contribution in [-0.4, -0.2) is 18.7 Å².